The lowest BCUT2D eigenvalue weighted by Gasteiger charge is -2.17. The second kappa shape index (κ2) is 7.83. The van der Waals surface area contributed by atoms with Gasteiger partial charge in [0.05, 0.1) is 6.61 Å². The van der Waals surface area contributed by atoms with Gasteiger partial charge in [-0.15, -0.1) is 0 Å². The number of benzene rings is 3. The van der Waals surface area contributed by atoms with Gasteiger partial charge in [0.25, 0.3) is 5.91 Å². The zero-order valence-electron chi connectivity index (χ0n) is 15.9. The van der Waals surface area contributed by atoms with Crippen LogP contribution in [-0.2, 0) is 17.8 Å². The highest BCUT2D eigenvalue weighted by atomic mass is 16.3. The quantitative estimate of drug-likeness (QED) is 0.670. The van der Waals surface area contributed by atoms with E-state index in [0.717, 1.165) is 40.8 Å². The van der Waals surface area contributed by atoms with Gasteiger partial charge in [-0.25, -0.2) is 0 Å². The summed E-state index contributed by atoms with van der Waals surface area (Å²) in [6.07, 6.45) is 3.61. The molecular formula is C25H23NO2. The van der Waals surface area contributed by atoms with Crippen molar-refractivity contribution in [1.82, 2.24) is 0 Å². The first-order valence-electron chi connectivity index (χ1n) is 9.54. The van der Waals surface area contributed by atoms with Crippen molar-refractivity contribution < 1.29 is 9.90 Å². The molecule has 4 rings (SSSR count). The van der Waals surface area contributed by atoms with Gasteiger partial charge < -0.3 is 10.4 Å². The summed E-state index contributed by atoms with van der Waals surface area (Å²) in [6.45, 7) is 2.08. The van der Waals surface area contributed by atoms with Crippen LogP contribution in [0.1, 0.15) is 28.7 Å². The zero-order valence-corrected chi connectivity index (χ0v) is 15.9. The number of amides is 1. The van der Waals surface area contributed by atoms with Gasteiger partial charge in [0.2, 0.25) is 0 Å². The van der Waals surface area contributed by atoms with Gasteiger partial charge in [-0.05, 0) is 71.9 Å². The monoisotopic (exact) mass is 369 g/mol. The number of aryl methyl sites for hydroxylation is 2. The molecule has 28 heavy (non-hydrogen) atoms. The molecule has 1 aliphatic rings. The van der Waals surface area contributed by atoms with E-state index in [9.17, 15) is 4.79 Å². The smallest absolute Gasteiger partial charge is 0.251 e. The summed E-state index contributed by atoms with van der Waals surface area (Å²) in [5.74, 6) is -0.0665. The fourth-order valence-corrected chi connectivity index (χ4v) is 3.50. The van der Waals surface area contributed by atoms with E-state index in [0.29, 0.717) is 0 Å². The summed E-state index contributed by atoms with van der Waals surface area (Å²) in [4.78, 5) is 12.7. The number of nitrogens with one attached hydrogen (secondary N) is 1. The van der Waals surface area contributed by atoms with E-state index in [1.807, 2.05) is 30.3 Å². The topological polar surface area (TPSA) is 49.3 Å². The van der Waals surface area contributed by atoms with E-state index in [1.165, 1.54) is 16.7 Å². The minimum atomic E-state index is -0.0665. The molecule has 2 N–H and O–H groups in total. The molecular weight excluding hydrogens is 346 g/mol. The second-order valence-corrected chi connectivity index (χ2v) is 7.26. The van der Waals surface area contributed by atoms with E-state index in [4.69, 9.17) is 5.11 Å². The molecule has 3 aromatic carbocycles. The molecule has 0 bridgehead atoms. The molecule has 0 saturated heterocycles. The zero-order chi connectivity index (χ0) is 19.5. The number of aliphatic hydroxyl groups excluding tert-OH is 1. The molecule has 0 spiro atoms. The highest BCUT2D eigenvalue weighted by Gasteiger charge is 2.17. The van der Waals surface area contributed by atoms with Crippen LogP contribution in [0.5, 0.6) is 0 Å². The Morgan fingerprint density at radius 1 is 0.929 bits per heavy atom. The minimum Gasteiger partial charge on any atom is -0.392 e. The van der Waals surface area contributed by atoms with Gasteiger partial charge in [-0.2, -0.15) is 0 Å². The average Bonchev–Trinajstić information content (AvgIpc) is 2.74. The number of hydrogen-bond donors (Lipinski definition) is 2. The van der Waals surface area contributed by atoms with Gasteiger partial charge >= 0.3 is 0 Å². The number of carbonyl (C=O) groups is 1. The minimum absolute atomic E-state index is 0.000516. The molecule has 0 unspecified atom stereocenters. The van der Waals surface area contributed by atoms with Gasteiger partial charge in [0.1, 0.15) is 0 Å². The fraction of sp³-hybridized carbons (Fsp3) is 0.160. The van der Waals surface area contributed by atoms with Gasteiger partial charge in [0, 0.05) is 11.3 Å². The molecule has 3 aromatic rings. The molecule has 0 aromatic heterocycles. The number of aliphatic hydroxyl groups is 1. The van der Waals surface area contributed by atoms with Gasteiger partial charge in [0.15, 0.2) is 0 Å². The highest BCUT2D eigenvalue weighted by Crippen LogP contribution is 2.29. The Morgan fingerprint density at radius 2 is 1.64 bits per heavy atom. The number of carbonyl (C=O) groups excluding carboxylic acids is 1. The van der Waals surface area contributed by atoms with Crippen LogP contribution in [0.4, 0.5) is 5.69 Å². The number of anilines is 1. The maximum absolute atomic E-state index is 12.7. The van der Waals surface area contributed by atoms with Crippen molar-refractivity contribution in [3.63, 3.8) is 0 Å². The van der Waals surface area contributed by atoms with E-state index in [1.54, 1.807) is 0 Å². The van der Waals surface area contributed by atoms with Crippen LogP contribution in [0, 0.1) is 6.92 Å². The fourth-order valence-electron chi connectivity index (χ4n) is 3.50. The molecule has 0 saturated carbocycles. The van der Waals surface area contributed by atoms with E-state index < -0.39 is 0 Å². The largest absolute Gasteiger partial charge is 0.392 e. The van der Waals surface area contributed by atoms with Crippen molar-refractivity contribution in [1.29, 1.82) is 0 Å². The standard InChI is InChI=1S/C25H23NO2/c1-17-2-6-19(7-3-17)21-10-8-20-9-11-22(15-23(20)14-21)25(28)26-24-12-4-18(16-27)5-13-24/h2-8,10,12-15,27H,9,11,16H2,1H3,(H,26,28). The lowest BCUT2D eigenvalue weighted by atomic mass is 9.89. The molecule has 3 nitrogen and oxygen atoms in total. The Kier molecular flexibility index (Phi) is 5.09. The Morgan fingerprint density at radius 3 is 2.36 bits per heavy atom. The van der Waals surface area contributed by atoms with Crippen LogP contribution in [0.15, 0.2) is 72.3 Å². The van der Waals surface area contributed by atoms with Gasteiger partial charge in [-0.3, -0.25) is 4.79 Å². The van der Waals surface area contributed by atoms with Crippen LogP contribution in [0.3, 0.4) is 0 Å². The summed E-state index contributed by atoms with van der Waals surface area (Å²) in [5.41, 5.74) is 8.34. The molecule has 0 atom stereocenters. The van der Waals surface area contributed by atoms with Crippen molar-refractivity contribution in [3.8, 4) is 11.1 Å². The number of fused-ring (bicyclic) bond motifs is 1. The van der Waals surface area contributed by atoms with E-state index in [2.05, 4.69) is 54.7 Å². The third kappa shape index (κ3) is 3.90. The summed E-state index contributed by atoms with van der Waals surface area (Å²) in [6, 6.07) is 22.3. The van der Waals surface area contributed by atoms with Crippen molar-refractivity contribution in [2.45, 2.75) is 26.4 Å². The molecule has 0 heterocycles. The van der Waals surface area contributed by atoms with Crippen molar-refractivity contribution >= 4 is 17.7 Å². The predicted molar refractivity (Wildman–Crippen MR) is 114 cm³/mol. The molecule has 0 fully saturated rings. The third-order valence-electron chi connectivity index (χ3n) is 5.21. The summed E-state index contributed by atoms with van der Waals surface area (Å²) >= 11 is 0. The molecule has 0 aliphatic heterocycles. The summed E-state index contributed by atoms with van der Waals surface area (Å²) < 4.78 is 0. The molecule has 1 amide bonds. The maximum atomic E-state index is 12.7. The Bertz CT molecular complexity index is 1030. The molecule has 0 radical (unpaired) electrons. The first kappa shape index (κ1) is 18.2. The average molecular weight is 369 g/mol. The third-order valence-corrected chi connectivity index (χ3v) is 5.21. The predicted octanol–water partition coefficient (Wildman–Crippen LogP) is 5.12. The van der Waals surface area contributed by atoms with E-state index in [-0.39, 0.29) is 12.5 Å². The van der Waals surface area contributed by atoms with Gasteiger partial charge in [-0.1, -0.05) is 54.1 Å². The Labute approximate surface area is 165 Å². The summed E-state index contributed by atoms with van der Waals surface area (Å²) in [5, 5.41) is 12.1. The SMILES string of the molecule is Cc1ccc(-c2ccc3c(c2)C=C(C(=O)Nc2ccc(CO)cc2)CC3)cc1. The second-order valence-electron chi connectivity index (χ2n) is 7.26. The molecule has 140 valence electrons. The van der Waals surface area contributed by atoms with Crippen LogP contribution >= 0.6 is 0 Å². The lowest BCUT2D eigenvalue weighted by molar-refractivity contribution is -0.112. The normalized spacial score (nSPS) is 12.9. The van der Waals surface area contributed by atoms with Crippen molar-refractivity contribution in [2.24, 2.45) is 0 Å². The van der Waals surface area contributed by atoms with Crippen molar-refractivity contribution in [3.05, 3.63) is 94.6 Å². The molecule has 1 aliphatic carbocycles. The number of rotatable bonds is 4. The van der Waals surface area contributed by atoms with Crippen LogP contribution in [-0.4, -0.2) is 11.0 Å². The number of hydrogen-bond acceptors (Lipinski definition) is 2. The van der Waals surface area contributed by atoms with Crippen LogP contribution in [0.2, 0.25) is 0 Å². The highest BCUT2D eigenvalue weighted by molar-refractivity contribution is 6.07. The first-order valence-corrected chi connectivity index (χ1v) is 9.54. The Balaban J connectivity index is 1.56. The van der Waals surface area contributed by atoms with E-state index >= 15 is 0 Å². The lowest BCUT2D eigenvalue weighted by Crippen LogP contribution is -2.17. The Hall–Kier alpha value is -3.17. The van der Waals surface area contributed by atoms with Crippen LogP contribution in [0.25, 0.3) is 17.2 Å². The molecule has 3 heteroatoms. The summed E-state index contributed by atoms with van der Waals surface area (Å²) in [7, 11) is 0. The van der Waals surface area contributed by atoms with Crippen LogP contribution < -0.4 is 5.32 Å². The first-order chi connectivity index (χ1) is 13.6. The maximum Gasteiger partial charge on any atom is 0.251 e. The van der Waals surface area contributed by atoms with Crippen molar-refractivity contribution in [2.75, 3.05) is 5.32 Å².